The Hall–Kier alpha value is -1.84. The summed E-state index contributed by atoms with van der Waals surface area (Å²) in [5.41, 5.74) is 1.72. The summed E-state index contributed by atoms with van der Waals surface area (Å²) in [5.74, 6) is 0.625. The Morgan fingerprint density at radius 1 is 1.00 bits per heavy atom. The van der Waals surface area contributed by atoms with Crippen LogP contribution in [0.1, 0.15) is 0 Å². The summed E-state index contributed by atoms with van der Waals surface area (Å²) < 4.78 is 32.4. The normalized spacial score (nSPS) is 15.4. The zero-order valence-corrected chi connectivity index (χ0v) is 19.2. The first-order valence-corrected chi connectivity index (χ1v) is 12.3. The zero-order chi connectivity index (χ0) is 21.3. The molecule has 0 amide bonds. The van der Waals surface area contributed by atoms with Crippen molar-refractivity contribution in [1.29, 1.82) is 0 Å². The van der Waals surface area contributed by atoms with Crippen molar-refractivity contribution in [3.05, 3.63) is 57.9 Å². The van der Waals surface area contributed by atoms with E-state index in [0.29, 0.717) is 42.0 Å². The third kappa shape index (κ3) is 4.29. The second-order valence-corrected chi connectivity index (χ2v) is 10.3. The minimum Gasteiger partial charge on any atom is -0.497 e. The second-order valence-electron chi connectivity index (χ2n) is 6.71. The number of nitrogens with zero attached hydrogens (tertiary/aromatic N) is 3. The van der Waals surface area contributed by atoms with Crippen LogP contribution in [0.25, 0.3) is 11.3 Å². The molecular weight excluding hydrogens is 465 g/mol. The molecule has 0 atom stereocenters. The Morgan fingerprint density at radius 3 is 2.33 bits per heavy atom. The summed E-state index contributed by atoms with van der Waals surface area (Å²) in [6, 6.07) is 11.9. The number of benzene rings is 2. The lowest BCUT2D eigenvalue weighted by Gasteiger charge is -2.33. The lowest BCUT2D eigenvalue weighted by molar-refractivity contribution is 0.384. The molecule has 1 aliphatic rings. The molecule has 0 radical (unpaired) electrons. The fourth-order valence-electron chi connectivity index (χ4n) is 3.21. The molecule has 1 aliphatic heterocycles. The van der Waals surface area contributed by atoms with E-state index in [-0.39, 0.29) is 4.90 Å². The van der Waals surface area contributed by atoms with E-state index in [1.54, 1.807) is 43.5 Å². The van der Waals surface area contributed by atoms with Gasteiger partial charge in [-0.05, 0) is 36.4 Å². The van der Waals surface area contributed by atoms with E-state index >= 15 is 0 Å². The van der Waals surface area contributed by atoms with Gasteiger partial charge in [0.1, 0.15) is 5.75 Å². The van der Waals surface area contributed by atoms with Crippen molar-refractivity contribution in [1.82, 2.24) is 9.29 Å². The van der Waals surface area contributed by atoms with E-state index < -0.39 is 10.0 Å². The lowest BCUT2D eigenvalue weighted by atomic mass is 10.2. The van der Waals surface area contributed by atoms with Crippen LogP contribution in [0, 0.1) is 0 Å². The first kappa shape index (κ1) is 21.4. The van der Waals surface area contributed by atoms with E-state index in [0.717, 1.165) is 16.4 Å². The van der Waals surface area contributed by atoms with E-state index in [4.69, 9.17) is 32.9 Å². The van der Waals surface area contributed by atoms with Gasteiger partial charge in [0.2, 0.25) is 10.0 Å². The van der Waals surface area contributed by atoms with E-state index in [9.17, 15) is 8.42 Å². The smallest absolute Gasteiger partial charge is 0.243 e. The highest BCUT2D eigenvalue weighted by Gasteiger charge is 2.29. The van der Waals surface area contributed by atoms with Gasteiger partial charge in [0.05, 0.1) is 27.7 Å². The summed E-state index contributed by atoms with van der Waals surface area (Å²) in [5, 5.41) is 3.82. The molecule has 2 heterocycles. The molecule has 0 aliphatic carbocycles. The van der Waals surface area contributed by atoms with Crippen LogP contribution < -0.4 is 9.64 Å². The summed E-state index contributed by atoms with van der Waals surface area (Å²) in [6.07, 6.45) is 0. The van der Waals surface area contributed by atoms with Gasteiger partial charge in [-0.25, -0.2) is 13.4 Å². The van der Waals surface area contributed by atoms with Crippen LogP contribution in [0.4, 0.5) is 5.13 Å². The molecule has 0 unspecified atom stereocenters. The number of aromatic nitrogens is 1. The van der Waals surface area contributed by atoms with E-state index in [2.05, 4.69) is 4.90 Å². The number of hydrogen-bond donors (Lipinski definition) is 0. The van der Waals surface area contributed by atoms with Crippen LogP contribution in [-0.2, 0) is 10.0 Å². The highest BCUT2D eigenvalue weighted by Crippen LogP contribution is 2.32. The number of hydrogen-bond acceptors (Lipinski definition) is 6. The predicted octanol–water partition coefficient (Wildman–Crippen LogP) is 4.64. The Balaban J connectivity index is 1.44. The monoisotopic (exact) mass is 483 g/mol. The molecule has 10 heteroatoms. The fourth-order valence-corrected chi connectivity index (χ4v) is 5.82. The fraction of sp³-hybridized carbons (Fsp3) is 0.250. The van der Waals surface area contributed by atoms with Crippen LogP contribution >= 0.6 is 34.5 Å². The van der Waals surface area contributed by atoms with Crippen LogP contribution in [0.5, 0.6) is 5.75 Å². The number of thiazole rings is 1. The van der Waals surface area contributed by atoms with Crippen LogP contribution in [0.2, 0.25) is 10.0 Å². The molecule has 1 aromatic heterocycles. The second kappa shape index (κ2) is 8.72. The van der Waals surface area contributed by atoms with Crippen molar-refractivity contribution >= 4 is 49.7 Å². The van der Waals surface area contributed by atoms with Gasteiger partial charge >= 0.3 is 0 Å². The number of anilines is 1. The first-order chi connectivity index (χ1) is 14.4. The average molecular weight is 484 g/mol. The molecule has 3 aromatic rings. The number of piperazine rings is 1. The van der Waals surface area contributed by atoms with E-state index in [1.165, 1.54) is 15.6 Å². The largest absolute Gasteiger partial charge is 0.497 e. The molecule has 1 fully saturated rings. The Labute approximate surface area is 189 Å². The third-order valence-corrected chi connectivity index (χ3v) is 8.47. The molecule has 1 saturated heterocycles. The van der Waals surface area contributed by atoms with Gasteiger partial charge in [0.25, 0.3) is 0 Å². The maximum atomic E-state index is 12.9. The van der Waals surface area contributed by atoms with Crippen molar-refractivity contribution in [3.8, 4) is 17.0 Å². The highest BCUT2D eigenvalue weighted by molar-refractivity contribution is 7.89. The summed E-state index contributed by atoms with van der Waals surface area (Å²) in [7, 11) is -1.98. The maximum Gasteiger partial charge on any atom is 0.243 e. The molecular formula is C20H19Cl2N3O3S2. The quantitative estimate of drug-likeness (QED) is 0.528. The number of halogens is 2. The Bertz CT molecular complexity index is 1140. The SMILES string of the molecule is COc1ccc(S(=O)(=O)N2CCN(c3nc(-c4ccc(Cl)c(Cl)c4)cs3)CC2)cc1. The van der Waals surface area contributed by atoms with Crippen molar-refractivity contribution in [2.24, 2.45) is 0 Å². The van der Waals surface area contributed by atoms with Crippen molar-refractivity contribution in [3.63, 3.8) is 0 Å². The Morgan fingerprint density at radius 2 is 1.70 bits per heavy atom. The molecule has 2 aromatic carbocycles. The molecule has 0 spiro atoms. The Kier molecular flexibility index (Phi) is 6.22. The molecule has 0 bridgehead atoms. The standard InChI is InChI=1S/C20H19Cl2N3O3S2/c1-28-15-3-5-16(6-4-15)30(26,27)25-10-8-24(9-11-25)20-23-19(13-29-20)14-2-7-17(21)18(22)12-14/h2-7,12-13H,8-11H2,1H3. The van der Waals surface area contributed by atoms with Gasteiger partial charge in [-0.3, -0.25) is 0 Å². The zero-order valence-electron chi connectivity index (χ0n) is 16.1. The van der Waals surface area contributed by atoms with Crippen molar-refractivity contribution in [2.45, 2.75) is 4.90 Å². The molecule has 30 heavy (non-hydrogen) atoms. The first-order valence-electron chi connectivity index (χ1n) is 9.18. The molecule has 0 N–H and O–H groups in total. The van der Waals surface area contributed by atoms with Gasteiger partial charge in [-0.1, -0.05) is 29.3 Å². The summed E-state index contributed by atoms with van der Waals surface area (Å²) in [6.45, 7) is 1.94. The number of ether oxygens (including phenoxy) is 1. The van der Waals surface area contributed by atoms with Gasteiger partial charge in [0.15, 0.2) is 5.13 Å². The third-order valence-electron chi connectivity index (χ3n) is 4.91. The highest BCUT2D eigenvalue weighted by atomic mass is 35.5. The van der Waals surface area contributed by atoms with Gasteiger partial charge in [-0.15, -0.1) is 11.3 Å². The minimum absolute atomic E-state index is 0.271. The molecule has 0 saturated carbocycles. The number of sulfonamides is 1. The maximum absolute atomic E-state index is 12.9. The topological polar surface area (TPSA) is 62.7 Å². The molecule has 6 nitrogen and oxygen atoms in total. The van der Waals surface area contributed by atoms with Crippen LogP contribution in [0.15, 0.2) is 52.7 Å². The average Bonchev–Trinajstić information content (AvgIpc) is 3.26. The van der Waals surface area contributed by atoms with Crippen molar-refractivity contribution < 1.29 is 13.2 Å². The molecule has 4 rings (SSSR count). The predicted molar refractivity (Wildman–Crippen MR) is 122 cm³/mol. The van der Waals surface area contributed by atoms with Crippen LogP contribution in [0.3, 0.4) is 0 Å². The lowest BCUT2D eigenvalue weighted by Crippen LogP contribution is -2.48. The summed E-state index contributed by atoms with van der Waals surface area (Å²) in [4.78, 5) is 7.07. The van der Waals surface area contributed by atoms with Crippen molar-refractivity contribution in [2.75, 3.05) is 38.2 Å². The van der Waals surface area contributed by atoms with Gasteiger partial charge < -0.3 is 9.64 Å². The number of rotatable bonds is 5. The van der Waals surface area contributed by atoms with Gasteiger partial charge in [0, 0.05) is 37.1 Å². The van der Waals surface area contributed by atoms with E-state index in [1.807, 2.05) is 11.4 Å². The number of methoxy groups -OCH3 is 1. The molecule has 158 valence electrons. The van der Waals surface area contributed by atoms with Crippen LogP contribution in [-0.4, -0.2) is 51.0 Å². The minimum atomic E-state index is -3.53. The van der Waals surface area contributed by atoms with Gasteiger partial charge in [-0.2, -0.15) is 4.31 Å². The summed E-state index contributed by atoms with van der Waals surface area (Å²) >= 11 is 13.6.